The van der Waals surface area contributed by atoms with Crippen LogP contribution in [0.3, 0.4) is 0 Å². The number of hydrogen-bond acceptors (Lipinski definition) is 5. The van der Waals surface area contributed by atoms with Crippen LogP contribution >= 0.6 is 0 Å². The van der Waals surface area contributed by atoms with Crippen molar-refractivity contribution in [1.29, 1.82) is 5.26 Å². The molecule has 1 amide bonds. The summed E-state index contributed by atoms with van der Waals surface area (Å²) in [6.07, 6.45) is 0.315. The average molecular weight is 373 g/mol. The first-order valence-electron chi connectivity index (χ1n) is 7.80. The molecular weight excluding hydrogens is 354 g/mol. The first kappa shape index (κ1) is 19.4. The number of nitrogens with two attached hydrogens (primary N) is 1. The summed E-state index contributed by atoms with van der Waals surface area (Å²) in [7, 11) is -3.80. The second kappa shape index (κ2) is 8.47. The molecule has 0 saturated heterocycles. The lowest BCUT2D eigenvalue weighted by Gasteiger charge is -2.15. The minimum Gasteiger partial charge on any atom is -0.484 e. The van der Waals surface area contributed by atoms with E-state index in [2.05, 4.69) is 11.4 Å². The highest BCUT2D eigenvalue weighted by Crippen LogP contribution is 2.17. The number of benzene rings is 2. The third-order valence-corrected chi connectivity index (χ3v) is 4.55. The summed E-state index contributed by atoms with van der Waals surface area (Å²) < 4.78 is 28.2. The van der Waals surface area contributed by atoms with Gasteiger partial charge >= 0.3 is 0 Å². The van der Waals surface area contributed by atoms with Gasteiger partial charge in [0, 0.05) is 0 Å². The lowest BCUT2D eigenvalue weighted by Crippen LogP contribution is -2.31. The van der Waals surface area contributed by atoms with Gasteiger partial charge in [0.05, 0.1) is 23.4 Å². The van der Waals surface area contributed by atoms with E-state index in [1.54, 1.807) is 43.3 Å². The van der Waals surface area contributed by atoms with Gasteiger partial charge in [-0.25, -0.2) is 13.6 Å². The minimum absolute atomic E-state index is 0.00944. The predicted molar refractivity (Wildman–Crippen MR) is 95.6 cm³/mol. The first-order chi connectivity index (χ1) is 12.3. The van der Waals surface area contributed by atoms with Crippen molar-refractivity contribution in [3.8, 4) is 11.8 Å². The van der Waals surface area contributed by atoms with Gasteiger partial charge in [-0.1, -0.05) is 24.3 Å². The average Bonchev–Trinajstić information content (AvgIpc) is 2.61. The van der Waals surface area contributed by atoms with E-state index in [0.29, 0.717) is 17.7 Å². The topological polar surface area (TPSA) is 122 Å². The van der Waals surface area contributed by atoms with Crippen LogP contribution in [0.25, 0.3) is 0 Å². The molecule has 0 heterocycles. The van der Waals surface area contributed by atoms with Gasteiger partial charge in [-0.05, 0) is 42.3 Å². The van der Waals surface area contributed by atoms with E-state index in [0.717, 1.165) is 5.56 Å². The van der Waals surface area contributed by atoms with Crippen molar-refractivity contribution in [2.75, 3.05) is 6.61 Å². The maximum Gasteiger partial charge on any atom is 0.258 e. The molecule has 0 fully saturated rings. The van der Waals surface area contributed by atoms with E-state index >= 15 is 0 Å². The van der Waals surface area contributed by atoms with Crippen molar-refractivity contribution < 1.29 is 17.9 Å². The fourth-order valence-electron chi connectivity index (χ4n) is 2.27. The van der Waals surface area contributed by atoms with Crippen LogP contribution in [-0.4, -0.2) is 20.9 Å². The molecule has 2 aromatic carbocycles. The van der Waals surface area contributed by atoms with Crippen molar-refractivity contribution in [3.63, 3.8) is 0 Å². The Hall–Kier alpha value is -2.89. The second-order valence-electron chi connectivity index (χ2n) is 5.67. The summed E-state index contributed by atoms with van der Waals surface area (Å²) in [5, 5.41) is 16.5. The Balaban J connectivity index is 1.92. The fraction of sp³-hybridized carbons (Fsp3) is 0.222. The molecule has 8 heteroatoms. The number of carbonyl (C=O) groups excluding carboxylic acids is 1. The van der Waals surface area contributed by atoms with E-state index in [1.807, 2.05) is 0 Å². The number of amides is 1. The Morgan fingerprint density at radius 3 is 2.58 bits per heavy atom. The van der Waals surface area contributed by atoms with Gasteiger partial charge in [0.1, 0.15) is 5.75 Å². The molecule has 2 aromatic rings. The van der Waals surface area contributed by atoms with Gasteiger partial charge in [0.2, 0.25) is 10.0 Å². The Morgan fingerprint density at radius 1 is 1.27 bits per heavy atom. The van der Waals surface area contributed by atoms with Crippen molar-refractivity contribution in [1.82, 2.24) is 5.32 Å². The van der Waals surface area contributed by atoms with Crippen LogP contribution in [0.2, 0.25) is 0 Å². The third kappa shape index (κ3) is 5.58. The van der Waals surface area contributed by atoms with Crippen LogP contribution in [0.4, 0.5) is 0 Å². The van der Waals surface area contributed by atoms with Crippen molar-refractivity contribution in [3.05, 3.63) is 59.7 Å². The number of hydrogen-bond donors (Lipinski definition) is 2. The maximum atomic E-state index is 12.0. The van der Waals surface area contributed by atoms with Crippen LogP contribution in [-0.2, 0) is 21.2 Å². The zero-order valence-electron chi connectivity index (χ0n) is 14.2. The number of nitrogens with zero attached hydrogens (tertiary/aromatic N) is 1. The molecule has 26 heavy (non-hydrogen) atoms. The third-order valence-electron chi connectivity index (χ3n) is 3.64. The fourth-order valence-corrected chi connectivity index (χ4v) is 2.84. The molecule has 0 aliphatic carbocycles. The number of carbonyl (C=O) groups is 1. The summed E-state index contributed by atoms with van der Waals surface area (Å²) >= 11 is 0. The number of sulfonamides is 1. The van der Waals surface area contributed by atoms with Gasteiger partial charge in [-0.15, -0.1) is 0 Å². The summed E-state index contributed by atoms with van der Waals surface area (Å²) in [6.45, 7) is 1.55. The van der Waals surface area contributed by atoms with Gasteiger partial charge in [-0.3, -0.25) is 4.79 Å². The quantitative estimate of drug-likeness (QED) is 0.764. The molecule has 0 saturated carbocycles. The Kier molecular flexibility index (Phi) is 6.33. The predicted octanol–water partition coefficient (Wildman–Crippen LogP) is 1.66. The van der Waals surface area contributed by atoms with Crippen molar-refractivity contribution >= 4 is 15.9 Å². The smallest absolute Gasteiger partial charge is 0.258 e. The molecule has 0 aliphatic heterocycles. The number of nitrogens with one attached hydrogen (secondary N) is 1. The lowest BCUT2D eigenvalue weighted by atomic mass is 10.1. The SMILES string of the molecule is CC(NC(=O)COc1ccc(CC#N)cc1)c1cccc(S(N)(=O)=O)c1. The zero-order valence-corrected chi connectivity index (χ0v) is 15.0. The van der Waals surface area contributed by atoms with E-state index in [9.17, 15) is 13.2 Å². The Bertz CT molecular complexity index is 918. The number of primary sulfonamides is 1. The molecule has 0 aliphatic rings. The Labute approximate surface area is 152 Å². The molecule has 0 aromatic heterocycles. The van der Waals surface area contributed by atoms with E-state index in [4.69, 9.17) is 15.1 Å². The van der Waals surface area contributed by atoms with E-state index in [1.165, 1.54) is 12.1 Å². The first-order valence-corrected chi connectivity index (χ1v) is 9.35. The van der Waals surface area contributed by atoms with E-state index in [-0.39, 0.29) is 17.4 Å². The molecule has 0 radical (unpaired) electrons. The zero-order chi connectivity index (χ0) is 19.2. The lowest BCUT2D eigenvalue weighted by molar-refractivity contribution is -0.123. The molecule has 7 nitrogen and oxygen atoms in total. The normalized spacial score (nSPS) is 12.0. The van der Waals surface area contributed by atoms with Crippen LogP contribution in [0.5, 0.6) is 5.75 Å². The summed E-state index contributed by atoms with van der Waals surface area (Å²) in [4.78, 5) is 12.0. The monoisotopic (exact) mass is 373 g/mol. The Morgan fingerprint density at radius 2 is 1.96 bits per heavy atom. The highest BCUT2D eigenvalue weighted by Gasteiger charge is 2.14. The highest BCUT2D eigenvalue weighted by atomic mass is 32.2. The highest BCUT2D eigenvalue weighted by molar-refractivity contribution is 7.89. The molecule has 136 valence electrons. The van der Waals surface area contributed by atoms with Crippen LogP contribution in [0.1, 0.15) is 24.1 Å². The van der Waals surface area contributed by atoms with Gasteiger partial charge in [0.25, 0.3) is 5.91 Å². The number of ether oxygens (including phenoxy) is 1. The largest absolute Gasteiger partial charge is 0.484 e. The molecular formula is C18H19N3O4S. The van der Waals surface area contributed by atoms with Crippen LogP contribution in [0, 0.1) is 11.3 Å². The summed E-state index contributed by atoms with van der Waals surface area (Å²) in [5.41, 5.74) is 1.48. The molecule has 1 atom stereocenters. The van der Waals surface area contributed by atoms with Crippen LogP contribution in [0.15, 0.2) is 53.4 Å². The molecule has 0 bridgehead atoms. The van der Waals surface area contributed by atoms with Crippen molar-refractivity contribution in [2.45, 2.75) is 24.3 Å². The van der Waals surface area contributed by atoms with Gasteiger partial charge in [-0.2, -0.15) is 5.26 Å². The molecule has 1 unspecified atom stereocenters. The molecule has 0 spiro atoms. The van der Waals surface area contributed by atoms with Crippen molar-refractivity contribution in [2.24, 2.45) is 5.14 Å². The van der Waals surface area contributed by atoms with Gasteiger partial charge < -0.3 is 10.1 Å². The summed E-state index contributed by atoms with van der Waals surface area (Å²) in [5.74, 6) is 0.172. The van der Waals surface area contributed by atoms with E-state index < -0.39 is 16.1 Å². The van der Waals surface area contributed by atoms with Crippen LogP contribution < -0.4 is 15.2 Å². The molecule has 3 N–H and O–H groups in total. The second-order valence-corrected chi connectivity index (χ2v) is 7.24. The maximum absolute atomic E-state index is 12.0. The van der Waals surface area contributed by atoms with Gasteiger partial charge in [0.15, 0.2) is 6.61 Å². The standard InChI is InChI=1S/C18H19N3O4S/c1-13(15-3-2-4-17(11-15)26(20,23)24)21-18(22)12-25-16-7-5-14(6-8-16)9-10-19/h2-8,11,13H,9,12H2,1H3,(H,21,22)(H2,20,23,24). The molecule has 2 rings (SSSR count). The summed E-state index contributed by atoms with van der Waals surface area (Å²) in [6, 6.07) is 14.6. The number of rotatable bonds is 7. The number of nitriles is 1. The minimum atomic E-state index is -3.80.